The Morgan fingerprint density at radius 2 is 1.94 bits per heavy atom. The summed E-state index contributed by atoms with van der Waals surface area (Å²) in [7, 11) is -1.62. The maximum Gasteiger partial charge on any atom is 0.249 e. The topological polar surface area (TPSA) is 9.23 Å². The van der Waals surface area contributed by atoms with E-state index in [-0.39, 0.29) is 5.04 Å². The fraction of sp³-hybridized carbons (Fsp3) is 0.733. The molecule has 17 heavy (non-hydrogen) atoms. The molecule has 1 atom stereocenters. The first-order valence-electron chi connectivity index (χ1n) is 6.47. The lowest BCUT2D eigenvalue weighted by Crippen LogP contribution is -2.39. The molecule has 0 bridgehead atoms. The third-order valence-electron chi connectivity index (χ3n) is 3.59. The zero-order valence-corrected chi connectivity index (χ0v) is 13.3. The molecule has 0 aliphatic carbocycles. The molecule has 0 heterocycles. The molecular weight excluding hydrogens is 224 g/mol. The number of allylic oxidation sites excluding steroid dienone is 1. The minimum absolute atomic E-state index is 0.270. The minimum Gasteiger partial charge on any atom is -0.549 e. The van der Waals surface area contributed by atoms with Crippen LogP contribution in [-0.4, -0.2) is 8.32 Å². The van der Waals surface area contributed by atoms with E-state index < -0.39 is 8.32 Å². The summed E-state index contributed by atoms with van der Waals surface area (Å²) >= 11 is 0. The fourth-order valence-corrected chi connectivity index (χ4v) is 1.92. The zero-order valence-electron chi connectivity index (χ0n) is 12.3. The van der Waals surface area contributed by atoms with Crippen molar-refractivity contribution in [2.45, 2.75) is 65.1 Å². The van der Waals surface area contributed by atoms with Crippen molar-refractivity contribution < 1.29 is 4.43 Å². The van der Waals surface area contributed by atoms with Crippen molar-refractivity contribution >= 4 is 8.32 Å². The van der Waals surface area contributed by atoms with Gasteiger partial charge in [0.15, 0.2) is 0 Å². The van der Waals surface area contributed by atoms with Gasteiger partial charge in [-0.1, -0.05) is 33.8 Å². The molecule has 0 aromatic rings. The van der Waals surface area contributed by atoms with Crippen molar-refractivity contribution in [2.75, 3.05) is 0 Å². The second kappa shape index (κ2) is 6.91. The molecule has 0 saturated carbocycles. The van der Waals surface area contributed by atoms with Gasteiger partial charge < -0.3 is 4.43 Å². The lowest BCUT2D eigenvalue weighted by atomic mass is 10.0. The van der Waals surface area contributed by atoms with Crippen LogP contribution >= 0.6 is 0 Å². The van der Waals surface area contributed by atoms with Crippen LogP contribution in [0.5, 0.6) is 0 Å². The predicted octanol–water partition coefficient (Wildman–Crippen LogP) is 4.96. The summed E-state index contributed by atoms with van der Waals surface area (Å²) in [5.41, 5.74) is 0. The average molecular weight is 252 g/mol. The van der Waals surface area contributed by atoms with Crippen LogP contribution in [0.25, 0.3) is 0 Å². The summed E-state index contributed by atoms with van der Waals surface area (Å²) in [5.74, 6) is 3.33. The van der Waals surface area contributed by atoms with Gasteiger partial charge in [-0.15, -0.1) is 12.3 Å². The van der Waals surface area contributed by atoms with E-state index >= 15 is 0 Å². The third-order valence-corrected chi connectivity index (χ3v) is 7.92. The first-order chi connectivity index (χ1) is 7.70. The maximum atomic E-state index is 5.97. The van der Waals surface area contributed by atoms with E-state index in [1.54, 1.807) is 0 Å². The van der Waals surface area contributed by atoms with Crippen molar-refractivity contribution in [1.29, 1.82) is 0 Å². The summed E-state index contributed by atoms with van der Waals surface area (Å²) < 4.78 is 5.97. The van der Waals surface area contributed by atoms with Crippen molar-refractivity contribution in [2.24, 2.45) is 5.92 Å². The van der Waals surface area contributed by atoms with Crippen LogP contribution in [0.4, 0.5) is 0 Å². The Morgan fingerprint density at radius 1 is 1.35 bits per heavy atom. The smallest absolute Gasteiger partial charge is 0.249 e. The van der Waals surface area contributed by atoms with Crippen LogP contribution in [0.2, 0.25) is 18.1 Å². The number of hydrogen-bond donors (Lipinski definition) is 0. The first-order valence-corrected chi connectivity index (χ1v) is 9.38. The van der Waals surface area contributed by atoms with E-state index in [9.17, 15) is 0 Å². The molecule has 0 spiro atoms. The lowest BCUT2D eigenvalue weighted by molar-refractivity contribution is 0.425. The molecule has 0 aromatic carbocycles. The lowest BCUT2D eigenvalue weighted by Gasteiger charge is -2.35. The van der Waals surface area contributed by atoms with Gasteiger partial charge in [0.1, 0.15) is 0 Å². The van der Waals surface area contributed by atoms with E-state index in [0.717, 1.165) is 19.3 Å². The van der Waals surface area contributed by atoms with Gasteiger partial charge >= 0.3 is 0 Å². The van der Waals surface area contributed by atoms with Gasteiger partial charge in [-0.2, -0.15) is 0 Å². The average Bonchev–Trinajstić information content (AvgIpc) is 2.20. The second-order valence-corrected chi connectivity index (χ2v) is 11.1. The summed E-state index contributed by atoms with van der Waals surface area (Å²) in [6.07, 6.45) is 12.3. The minimum atomic E-state index is -1.62. The van der Waals surface area contributed by atoms with Crippen LogP contribution < -0.4 is 0 Å². The highest BCUT2D eigenvalue weighted by Crippen LogP contribution is 2.36. The second-order valence-electron chi connectivity index (χ2n) is 6.33. The van der Waals surface area contributed by atoms with Crippen molar-refractivity contribution in [3.63, 3.8) is 0 Å². The summed E-state index contributed by atoms with van der Waals surface area (Å²) in [4.78, 5) is 0. The normalized spacial score (nSPS) is 14.6. The molecule has 2 heteroatoms. The maximum absolute atomic E-state index is 5.97. The monoisotopic (exact) mass is 252 g/mol. The van der Waals surface area contributed by atoms with Gasteiger partial charge in [-0.05, 0) is 36.9 Å². The number of hydrogen-bond acceptors (Lipinski definition) is 1. The fourth-order valence-electron chi connectivity index (χ4n) is 1.13. The Kier molecular flexibility index (Phi) is 6.63. The molecule has 0 amide bonds. The number of terminal acetylenes is 1. The van der Waals surface area contributed by atoms with E-state index in [1.165, 1.54) is 0 Å². The zero-order chi connectivity index (χ0) is 13.5. The Bertz CT molecular complexity index is 278. The molecule has 0 aromatic heterocycles. The van der Waals surface area contributed by atoms with Gasteiger partial charge in [-0.25, -0.2) is 0 Å². The molecule has 1 unspecified atom stereocenters. The van der Waals surface area contributed by atoms with Crippen molar-refractivity contribution in [3.05, 3.63) is 12.3 Å². The molecule has 0 N–H and O–H groups in total. The van der Waals surface area contributed by atoms with Crippen LogP contribution in [0.3, 0.4) is 0 Å². The van der Waals surface area contributed by atoms with Gasteiger partial charge in [0.2, 0.25) is 8.32 Å². The Morgan fingerprint density at radius 3 is 2.41 bits per heavy atom. The van der Waals surface area contributed by atoms with E-state index in [0.29, 0.717) is 5.92 Å². The predicted molar refractivity (Wildman–Crippen MR) is 79.3 cm³/mol. The van der Waals surface area contributed by atoms with Crippen LogP contribution in [0, 0.1) is 18.3 Å². The number of rotatable bonds is 6. The third kappa shape index (κ3) is 6.58. The first kappa shape index (κ1) is 16.3. The Labute approximate surface area is 109 Å². The van der Waals surface area contributed by atoms with E-state index in [1.807, 2.05) is 6.26 Å². The highest BCUT2D eigenvalue weighted by atomic mass is 28.4. The molecule has 0 aliphatic heterocycles. The van der Waals surface area contributed by atoms with Crippen LogP contribution in [0.1, 0.15) is 47.0 Å². The van der Waals surface area contributed by atoms with Crippen molar-refractivity contribution in [3.8, 4) is 12.3 Å². The Balaban J connectivity index is 4.01. The quantitative estimate of drug-likeness (QED) is 0.369. The van der Waals surface area contributed by atoms with Crippen molar-refractivity contribution in [1.82, 2.24) is 0 Å². The van der Waals surface area contributed by atoms with Gasteiger partial charge in [0, 0.05) is 6.42 Å². The molecular formula is C15H28OSi. The SMILES string of the molecule is C#CCCC(C)C/C=C/O[Si](C)(C)C(C)(C)C. The molecule has 0 fully saturated rings. The standard InChI is InChI=1S/C15H28OSi/c1-8-9-11-14(2)12-10-13-16-17(6,7)15(3,4)5/h1,10,13-14H,9,11-12H2,2-7H3/b13-10+. The van der Waals surface area contributed by atoms with Gasteiger partial charge in [-0.3, -0.25) is 0 Å². The highest BCUT2D eigenvalue weighted by Gasteiger charge is 2.37. The summed E-state index contributed by atoms with van der Waals surface area (Å²) in [5, 5.41) is 0.270. The van der Waals surface area contributed by atoms with Crippen LogP contribution in [-0.2, 0) is 4.43 Å². The molecule has 0 aliphatic rings. The van der Waals surface area contributed by atoms with E-state index in [2.05, 4.69) is 52.8 Å². The van der Waals surface area contributed by atoms with E-state index in [4.69, 9.17) is 10.8 Å². The van der Waals surface area contributed by atoms with Crippen LogP contribution in [0.15, 0.2) is 12.3 Å². The Hall–Kier alpha value is -0.683. The molecule has 1 nitrogen and oxygen atoms in total. The summed E-state index contributed by atoms with van der Waals surface area (Å²) in [6, 6.07) is 0. The molecule has 98 valence electrons. The van der Waals surface area contributed by atoms with Gasteiger partial charge in [0.25, 0.3) is 0 Å². The highest BCUT2D eigenvalue weighted by molar-refractivity contribution is 6.74. The molecule has 0 rings (SSSR count). The summed E-state index contributed by atoms with van der Waals surface area (Å²) in [6.45, 7) is 13.5. The molecule has 0 saturated heterocycles. The largest absolute Gasteiger partial charge is 0.549 e. The molecule has 0 radical (unpaired) electrons. The van der Waals surface area contributed by atoms with Gasteiger partial charge in [0.05, 0.1) is 6.26 Å².